The molecule has 2 rings (SSSR count). The Morgan fingerprint density at radius 3 is 2.88 bits per heavy atom. The van der Waals surface area contributed by atoms with Gasteiger partial charge in [-0.15, -0.1) is 0 Å². The molecule has 3 heteroatoms. The molecule has 0 bridgehead atoms. The average Bonchev–Trinajstić information content (AvgIpc) is 2.30. The minimum absolute atomic E-state index is 0.716. The number of aryl methyl sites for hydroxylation is 2. The van der Waals surface area contributed by atoms with Crippen LogP contribution in [-0.4, -0.2) is 18.1 Å². The van der Waals surface area contributed by atoms with Crippen molar-refractivity contribution in [1.82, 2.24) is 4.98 Å². The fraction of sp³-hybridized carbons (Fsp3) is 0.357. The summed E-state index contributed by atoms with van der Waals surface area (Å²) >= 11 is 0. The third-order valence-electron chi connectivity index (χ3n) is 2.88. The van der Waals surface area contributed by atoms with Crippen molar-refractivity contribution in [3.05, 3.63) is 35.5 Å². The number of anilines is 1. The lowest BCUT2D eigenvalue weighted by Crippen LogP contribution is -2.08. The number of rotatable bonds is 4. The van der Waals surface area contributed by atoms with Gasteiger partial charge in [0.05, 0.1) is 5.52 Å². The summed E-state index contributed by atoms with van der Waals surface area (Å²) in [6, 6.07) is 6.37. The molecule has 0 aliphatic heterocycles. The summed E-state index contributed by atoms with van der Waals surface area (Å²) in [5, 5.41) is 4.62. The van der Waals surface area contributed by atoms with Gasteiger partial charge in [-0.3, -0.25) is 4.98 Å². The van der Waals surface area contributed by atoms with E-state index in [9.17, 15) is 0 Å². The SMILES string of the molecule is Cc1cc(C)c2nccc(NCCCN)c2c1. The Hall–Kier alpha value is -1.61. The quantitative estimate of drug-likeness (QED) is 0.792. The van der Waals surface area contributed by atoms with Crippen molar-refractivity contribution in [3.63, 3.8) is 0 Å². The molecule has 0 unspecified atom stereocenters. The Kier molecular flexibility index (Phi) is 3.59. The maximum absolute atomic E-state index is 5.50. The van der Waals surface area contributed by atoms with E-state index in [1.807, 2.05) is 12.3 Å². The van der Waals surface area contributed by atoms with Gasteiger partial charge in [-0.25, -0.2) is 0 Å². The molecular formula is C14H19N3. The molecule has 0 spiro atoms. The molecule has 0 atom stereocenters. The Labute approximate surface area is 102 Å². The van der Waals surface area contributed by atoms with Crippen molar-refractivity contribution < 1.29 is 0 Å². The molecule has 0 aliphatic rings. The second-order valence-corrected chi connectivity index (χ2v) is 4.41. The maximum atomic E-state index is 5.50. The summed E-state index contributed by atoms with van der Waals surface area (Å²) < 4.78 is 0. The van der Waals surface area contributed by atoms with Gasteiger partial charge in [-0.2, -0.15) is 0 Å². The van der Waals surface area contributed by atoms with Crippen LogP contribution in [0.4, 0.5) is 5.69 Å². The van der Waals surface area contributed by atoms with Gasteiger partial charge in [-0.05, 0) is 44.5 Å². The Morgan fingerprint density at radius 2 is 2.12 bits per heavy atom. The van der Waals surface area contributed by atoms with Crippen molar-refractivity contribution >= 4 is 16.6 Å². The Morgan fingerprint density at radius 1 is 1.29 bits per heavy atom. The molecule has 1 aromatic carbocycles. The van der Waals surface area contributed by atoms with Crippen LogP contribution < -0.4 is 11.1 Å². The molecule has 3 N–H and O–H groups in total. The van der Waals surface area contributed by atoms with Gasteiger partial charge in [0.2, 0.25) is 0 Å². The first-order valence-corrected chi connectivity index (χ1v) is 6.02. The van der Waals surface area contributed by atoms with Gasteiger partial charge in [-0.1, -0.05) is 11.6 Å². The number of hydrogen-bond donors (Lipinski definition) is 2. The van der Waals surface area contributed by atoms with Crippen LogP contribution in [0.15, 0.2) is 24.4 Å². The van der Waals surface area contributed by atoms with Crippen LogP contribution in [0.5, 0.6) is 0 Å². The van der Waals surface area contributed by atoms with Gasteiger partial charge in [0, 0.05) is 23.8 Å². The third kappa shape index (κ3) is 2.56. The fourth-order valence-electron chi connectivity index (χ4n) is 2.09. The van der Waals surface area contributed by atoms with Crippen LogP contribution in [0.3, 0.4) is 0 Å². The van der Waals surface area contributed by atoms with Crippen LogP contribution in [0.2, 0.25) is 0 Å². The molecule has 17 heavy (non-hydrogen) atoms. The van der Waals surface area contributed by atoms with Crippen LogP contribution in [-0.2, 0) is 0 Å². The summed E-state index contributed by atoms with van der Waals surface area (Å²) in [5.41, 5.74) is 10.2. The lowest BCUT2D eigenvalue weighted by molar-refractivity contribution is 0.875. The molecule has 90 valence electrons. The number of nitrogens with two attached hydrogens (primary N) is 1. The normalized spacial score (nSPS) is 10.8. The van der Waals surface area contributed by atoms with E-state index in [1.54, 1.807) is 0 Å². The lowest BCUT2D eigenvalue weighted by atomic mass is 10.1. The third-order valence-corrected chi connectivity index (χ3v) is 2.88. The van der Waals surface area contributed by atoms with Gasteiger partial charge in [0.1, 0.15) is 0 Å². The number of aromatic nitrogens is 1. The predicted octanol–water partition coefficient (Wildman–Crippen LogP) is 2.61. The number of benzene rings is 1. The van der Waals surface area contributed by atoms with E-state index < -0.39 is 0 Å². The van der Waals surface area contributed by atoms with E-state index in [1.165, 1.54) is 16.5 Å². The topological polar surface area (TPSA) is 50.9 Å². The zero-order chi connectivity index (χ0) is 12.3. The molecular weight excluding hydrogens is 210 g/mol. The van der Waals surface area contributed by atoms with E-state index in [0.29, 0.717) is 6.54 Å². The summed E-state index contributed by atoms with van der Waals surface area (Å²) in [6.07, 6.45) is 2.84. The molecule has 0 saturated heterocycles. The lowest BCUT2D eigenvalue weighted by Gasteiger charge is -2.11. The zero-order valence-electron chi connectivity index (χ0n) is 10.5. The minimum atomic E-state index is 0.716. The average molecular weight is 229 g/mol. The minimum Gasteiger partial charge on any atom is -0.384 e. The highest BCUT2D eigenvalue weighted by Crippen LogP contribution is 2.25. The summed E-state index contributed by atoms with van der Waals surface area (Å²) in [5.74, 6) is 0. The Bertz CT molecular complexity index is 520. The van der Waals surface area contributed by atoms with Crippen LogP contribution >= 0.6 is 0 Å². The standard InChI is InChI=1S/C14H19N3/c1-10-8-11(2)14-12(9-10)13(4-7-17-14)16-6-3-5-15/h4,7-9H,3,5-6,15H2,1-2H3,(H,16,17). The zero-order valence-corrected chi connectivity index (χ0v) is 10.5. The smallest absolute Gasteiger partial charge is 0.0752 e. The van der Waals surface area contributed by atoms with Crippen molar-refractivity contribution in [2.45, 2.75) is 20.3 Å². The Balaban J connectivity index is 2.42. The van der Waals surface area contributed by atoms with Crippen molar-refractivity contribution in [3.8, 4) is 0 Å². The molecule has 1 heterocycles. The summed E-state index contributed by atoms with van der Waals surface area (Å²) in [7, 11) is 0. The van der Waals surface area contributed by atoms with E-state index in [2.05, 4.69) is 36.3 Å². The molecule has 1 aromatic heterocycles. The molecule has 2 aromatic rings. The van der Waals surface area contributed by atoms with E-state index in [4.69, 9.17) is 5.73 Å². The molecule has 3 nitrogen and oxygen atoms in total. The first-order chi connectivity index (χ1) is 8.22. The van der Waals surface area contributed by atoms with E-state index in [0.717, 1.165) is 24.2 Å². The highest BCUT2D eigenvalue weighted by atomic mass is 14.9. The number of pyridine rings is 1. The first kappa shape index (κ1) is 11.9. The molecule has 0 radical (unpaired) electrons. The van der Waals surface area contributed by atoms with E-state index in [-0.39, 0.29) is 0 Å². The monoisotopic (exact) mass is 229 g/mol. The first-order valence-electron chi connectivity index (χ1n) is 6.02. The number of nitrogens with one attached hydrogen (secondary N) is 1. The summed E-state index contributed by atoms with van der Waals surface area (Å²) in [4.78, 5) is 4.45. The van der Waals surface area contributed by atoms with E-state index >= 15 is 0 Å². The number of hydrogen-bond acceptors (Lipinski definition) is 3. The van der Waals surface area contributed by atoms with Crippen LogP contribution in [0, 0.1) is 13.8 Å². The van der Waals surface area contributed by atoms with Gasteiger partial charge in [0.25, 0.3) is 0 Å². The second kappa shape index (κ2) is 5.15. The van der Waals surface area contributed by atoms with Gasteiger partial charge >= 0.3 is 0 Å². The molecule has 0 aliphatic carbocycles. The molecule has 0 amide bonds. The molecule has 0 saturated carbocycles. The predicted molar refractivity (Wildman–Crippen MR) is 73.4 cm³/mol. The second-order valence-electron chi connectivity index (χ2n) is 4.41. The van der Waals surface area contributed by atoms with Crippen LogP contribution in [0.1, 0.15) is 17.5 Å². The number of nitrogens with zero attached hydrogens (tertiary/aromatic N) is 1. The highest BCUT2D eigenvalue weighted by Gasteiger charge is 2.04. The fourth-order valence-corrected chi connectivity index (χ4v) is 2.09. The van der Waals surface area contributed by atoms with Crippen molar-refractivity contribution in [1.29, 1.82) is 0 Å². The van der Waals surface area contributed by atoms with Crippen molar-refractivity contribution in [2.24, 2.45) is 5.73 Å². The highest BCUT2D eigenvalue weighted by molar-refractivity contribution is 5.93. The van der Waals surface area contributed by atoms with Crippen LogP contribution in [0.25, 0.3) is 10.9 Å². The maximum Gasteiger partial charge on any atom is 0.0752 e. The summed E-state index contributed by atoms with van der Waals surface area (Å²) in [6.45, 7) is 5.84. The largest absolute Gasteiger partial charge is 0.384 e. The van der Waals surface area contributed by atoms with Gasteiger partial charge < -0.3 is 11.1 Å². The molecule has 0 fully saturated rings. The number of fused-ring (bicyclic) bond motifs is 1. The van der Waals surface area contributed by atoms with Gasteiger partial charge in [0.15, 0.2) is 0 Å². The van der Waals surface area contributed by atoms with Crippen molar-refractivity contribution in [2.75, 3.05) is 18.4 Å².